The number of carbonyl (C=O) groups is 2. The molecule has 3 heteroatoms. The molecular formula is C13H22O3. The Morgan fingerprint density at radius 2 is 1.88 bits per heavy atom. The predicted molar refractivity (Wildman–Crippen MR) is 64.0 cm³/mol. The molecule has 0 aliphatic heterocycles. The molecule has 0 unspecified atom stereocenters. The Kier molecular flexibility index (Phi) is 6.70. The standard InChI is InChI=1S/C13H22O3/c1-6-8-11(7-2)10(5)12(14)13(15)16-9(3)4/h7,9-11H,2,6,8H2,1,3-5H3/t10-,11+/m1/s1. The van der Waals surface area contributed by atoms with Gasteiger partial charge in [0.15, 0.2) is 0 Å². The largest absolute Gasteiger partial charge is 0.457 e. The predicted octanol–water partition coefficient (Wildman–Crippen LogP) is 2.75. The van der Waals surface area contributed by atoms with Crippen molar-refractivity contribution in [3.63, 3.8) is 0 Å². The van der Waals surface area contributed by atoms with E-state index in [1.54, 1.807) is 26.8 Å². The van der Waals surface area contributed by atoms with E-state index in [2.05, 4.69) is 6.58 Å². The highest BCUT2D eigenvalue weighted by Crippen LogP contribution is 2.20. The van der Waals surface area contributed by atoms with Crippen molar-refractivity contribution < 1.29 is 14.3 Å². The number of esters is 1. The highest BCUT2D eigenvalue weighted by Gasteiger charge is 2.28. The Morgan fingerprint density at radius 1 is 1.31 bits per heavy atom. The molecule has 0 spiro atoms. The lowest BCUT2D eigenvalue weighted by molar-refractivity contribution is -0.158. The Hall–Kier alpha value is -1.12. The Bertz CT molecular complexity index is 256. The third kappa shape index (κ3) is 4.60. The average molecular weight is 226 g/mol. The number of Topliss-reactive ketones (excluding diaryl/α,β-unsaturated/α-hetero) is 1. The van der Waals surface area contributed by atoms with Crippen LogP contribution in [-0.2, 0) is 14.3 Å². The maximum atomic E-state index is 11.7. The van der Waals surface area contributed by atoms with Crippen LogP contribution in [0.25, 0.3) is 0 Å². The van der Waals surface area contributed by atoms with Crippen LogP contribution in [-0.4, -0.2) is 17.9 Å². The molecule has 3 nitrogen and oxygen atoms in total. The van der Waals surface area contributed by atoms with Gasteiger partial charge in [-0.1, -0.05) is 26.3 Å². The lowest BCUT2D eigenvalue weighted by Gasteiger charge is -2.18. The molecule has 0 aliphatic rings. The molecule has 0 saturated heterocycles. The second-order valence-electron chi connectivity index (χ2n) is 4.30. The molecule has 0 radical (unpaired) electrons. The maximum Gasteiger partial charge on any atom is 0.375 e. The van der Waals surface area contributed by atoms with Gasteiger partial charge in [-0.25, -0.2) is 4.79 Å². The van der Waals surface area contributed by atoms with E-state index in [9.17, 15) is 9.59 Å². The van der Waals surface area contributed by atoms with Gasteiger partial charge in [-0.15, -0.1) is 6.58 Å². The summed E-state index contributed by atoms with van der Waals surface area (Å²) in [7, 11) is 0. The molecule has 0 fully saturated rings. The number of ether oxygens (including phenoxy) is 1. The number of hydrogen-bond donors (Lipinski definition) is 0. The molecule has 16 heavy (non-hydrogen) atoms. The van der Waals surface area contributed by atoms with Crippen molar-refractivity contribution in [2.24, 2.45) is 11.8 Å². The van der Waals surface area contributed by atoms with E-state index >= 15 is 0 Å². The lowest BCUT2D eigenvalue weighted by atomic mass is 9.87. The number of hydrogen-bond acceptors (Lipinski definition) is 3. The molecule has 92 valence electrons. The molecule has 0 rings (SSSR count). The van der Waals surface area contributed by atoms with Crippen molar-refractivity contribution in [3.8, 4) is 0 Å². The summed E-state index contributed by atoms with van der Waals surface area (Å²) in [6.07, 6.45) is 3.32. The molecule has 2 atom stereocenters. The molecule has 0 amide bonds. The summed E-state index contributed by atoms with van der Waals surface area (Å²) >= 11 is 0. The fraction of sp³-hybridized carbons (Fsp3) is 0.692. The lowest BCUT2D eigenvalue weighted by Crippen LogP contribution is -2.30. The van der Waals surface area contributed by atoms with Crippen molar-refractivity contribution in [2.45, 2.75) is 46.6 Å². The minimum atomic E-state index is -0.731. The SMILES string of the molecule is C=C[C@@H](CCC)[C@@H](C)C(=O)C(=O)OC(C)C. The van der Waals surface area contributed by atoms with E-state index in [4.69, 9.17) is 4.74 Å². The van der Waals surface area contributed by atoms with E-state index in [1.165, 1.54) is 0 Å². The van der Waals surface area contributed by atoms with E-state index in [0.717, 1.165) is 12.8 Å². The van der Waals surface area contributed by atoms with Crippen molar-refractivity contribution in [1.29, 1.82) is 0 Å². The van der Waals surface area contributed by atoms with E-state index < -0.39 is 11.8 Å². The quantitative estimate of drug-likeness (QED) is 0.381. The molecule has 0 heterocycles. The van der Waals surface area contributed by atoms with E-state index in [0.29, 0.717) is 0 Å². The topological polar surface area (TPSA) is 43.4 Å². The summed E-state index contributed by atoms with van der Waals surface area (Å²) < 4.78 is 4.88. The smallest absolute Gasteiger partial charge is 0.375 e. The summed E-state index contributed by atoms with van der Waals surface area (Å²) in [5.74, 6) is -1.47. The molecule has 0 N–H and O–H groups in total. The Morgan fingerprint density at radius 3 is 2.25 bits per heavy atom. The van der Waals surface area contributed by atoms with Gasteiger partial charge in [-0.2, -0.15) is 0 Å². The zero-order valence-electron chi connectivity index (χ0n) is 10.7. The monoisotopic (exact) mass is 226 g/mol. The number of rotatable bonds is 7. The van der Waals surface area contributed by atoms with Gasteiger partial charge in [0.05, 0.1) is 6.10 Å². The third-order valence-electron chi connectivity index (χ3n) is 2.52. The van der Waals surface area contributed by atoms with Crippen LogP contribution in [0.1, 0.15) is 40.5 Å². The highest BCUT2D eigenvalue weighted by atomic mass is 16.5. The van der Waals surface area contributed by atoms with Crippen LogP contribution in [0.15, 0.2) is 12.7 Å². The van der Waals surface area contributed by atoms with Crippen LogP contribution in [0.2, 0.25) is 0 Å². The van der Waals surface area contributed by atoms with Crippen LogP contribution >= 0.6 is 0 Å². The summed E-state index contributed by atoms with van der Waals surface area (Å²) in [6, 6.07) is 0. The fourth-order valence-corrected chi connectivity index (χ4v) is 1.56. The molecule has 0 saturated carbocycles. The maximum absolute atomic E-state index is 11.7. The van der Waals surface area contributed by atoms with Crippen LogP contribution in [0, 0.1) is 11.8 Å². The molecule has 0 bridgehead atoms. The normalized spacial score (nSPS) is 14.3. The molecule has 0 aromatic heterocycles. The molecule has 0 aliphatic carbocycles. The summed E-state index contributed by atoms with van der Waals surface area (Å²) in [4.78, 5) is 23.1. The van der Waals surface area contributed by atoms with E-state index in [1.807, 2.05) is 6.92 Å². The van der Waals surface area contributed by atoms with Crippen molar-refractivity contribution in [3.05, 3.63) is 12.7 Å². The van der Waals surface area contributed by atoms with Gasteiger partial charge < -0.3 is 4.74 Å². The molecular weight excluding hydrogens is 204 g/mol. The van der Waals surface area contributed by atoms with Gasteiger partial charge in [-0.05, 0) is 26.2 Å². The highest BCUT2D eigenvalue weighted by molar-refractivity contribution is 6.34. The van der Waals surface area contributed by atoms with Crippen molar-refractivity contribution in [1.82, 2.24) is 0 Å². The van der Waals surface area contributed by atoms with Crippen LogP contribution in [0.3, 0.4) is 0 Å². The van der Waals surface area contributed by atoms with Crippen molar-refractivity contribution in [2.75, 3.05) is 0 Å². The van der Waals surface area contributed by atoms with Gasteiger partial charge in [0.25, 0.3) is 0 Å². The first-order chi connectivity index (χ1) is 7.43. The first-order valence-corrected chi connectivity index (χ1v) is 5.81. The zero-order chi connectivity index (χ0) is 12.7. The number of allylic oxidation sites excluding steroid dienone is 1. The van der Waals surface area contributed by atoms with Gasteiger partial charge in [0, 0.05) is 5.92 Å². The first kappa shape index (κ1) is 14.9. The number of ketones is 1. The Balaban J connectivity index is 4.46. The second-order valence-corrected chi connectivity index (χ2v) is 4.30. The van der Waals surface area contributed by atoms with Crippen molar-refractivity contribution >= 4 is 11.8 Å². The fourth-order valence-electron chi connectivity index (χ4n) is 1.56. The number of carbonyl (C=O) groups excluding carboxylic acids is 2. The van der Waals surface area contributed by atoms with E-state index in [-0.39, 0.29) is 17.9 Å². The van der Waals surface area contributed by atoms with Crippen LogP contribution in [0.4, 0.5) is 0 Å². The Labute approximate surface area is 97.9 Å². The summed E-state index contributed by atoms with van der Waals surface area (Å²) in [5.41, 5.74) is 0. The van der Waals surface area contributed by atoms with Gasteiger partial charge in [0.1, 0.15) is 0 Å². The van der Waals surface area contributed by atoms with Gasteiger partial charge in [0.2, 0.25) is 5.78 Å². The first-order valence-electron chi connectivity index (χ1n) is 5.81. The van der Waals surface area contributed by atoms with Gasteiger partial charge >= 0.3 is 5.97 Å². The minimum absolute atomic E-state index is 0.0530. The minimum Gasteiger partial charge on any atom is -0.457 e. The zero-order valence-corrected chi connectivity index (χ0v) is 10.7. The average Bonchev–Trinajstić information content (AvgIpc) is 2.22. The van der Waals surface area contributed by atoms with Crippen LogP contribution in [0.5, 0.6) is 0 Å². The summed E-state index contributed by atoms with van der Waals surface area (Å²) in [5, 5.41) is 0. The summed E-state index contributed by atoms with van der Waals surface area (Å²) in [6.45, 7) is 11.0. The molecule has 0 aromatic rings. The molecule has 0 aromatic carbocycles. The second kappa shape index (κ2) is 7.20. The van der Waals surface area contributed by atoms with Crippen LogP contribution < -0.4 is 0 Å². The van der Waals surface area contributed by atoms with Gasteiger partial charge in [-0.3, -0.25) is 4.79 Å². The third-order valence-corrected chi connectivity index (χ3v) is 2.52.